The molecule has 13 heavy (non-hydrogen) atoms. The Morgan fingerprint density at radius 3 is 2.54 bits per heavy atom. The first-order valence-corrected chi connectivity index (χ1v) is 5.91. The highest BCUT2D eigenvalue weighted by Gasteiger charge is 2.02. The fourth-order valence-electron chi connectivity index (χ4n) is 1.28. The van der Waals surface area contributed by atoms with Gasteiger partial charge in [0.25, 0.3) is 0 Å². The van der Waals surface area contributed by atoms with Crippen LogP contribution in [0.15, 0.2) is 12.1 Å². The highest BCUT2D eigenvalue weighted by Crippen LogP contribution is 2.18. The molecule has 0 aliphatic rings. The lowest BCUT2D eigenvalue weighted by Crippen LogP contribution is -2.18. The molecule has 0 bridgehead atoms. The zero-order chi connectivity index (χ0) is 9.68. The highest BCUT2D eigenvalue weighted by molar-refractivity contribution is 7.11. The standard InChI is InChI=1S/C11H19NS/c1-3-9(12)5-6-11-8-7-10(4-2)13-11/h7-9H,3-6,12H2,1-2H3. The first-order valence-electron chi connectivity index (χ1n) is 5.09. The molecular formula is C11H19NS. The van der Waals surface area contributed by atoms with Gasteiger partial charge in [-0.15, -0.1) is 11.3 Å². The monoisotopic (exact) mass is 197 g/mol. The lowest BCUT2D eigenvalue weighted by molar-refractivity contribution is 0.599. The fourth-order valence-corrected chi connectivity index (χ4v) is 2.25. The SMILES string of the molecule is CCc1ccc(CCC(N)CC)s1. The minimum Gasteiger partial charge on any atom is -0.328 e. The predicted octanol–water partition coefficient (Wildman–Crippen LogP) is 2.98. The molecule has 0 saturated carbocycles. The summed E-state index contributed by atoms with van der Waals surface area (Å²) in [5.41, 5.74) is 5.86. The van der Waals surface area contributed by atoms with Gasteiger partial charge in [0.05, 0.1) is 0 Å². The number of hydrogen-bond acceptors (Lipinski definition) is 2. The maximum atomic E-state index is 5.86. The maximum absolute atomic E-state index is 5.86. The van der Waals surface area contributed by atoms with E-state index in [0.29, 0.717) is 6.04 Å². The third kappa shape index (κ3) is 3.49. The molecule has 0 saturated heterocycles. The first kappa shape index (κ1) is 10.7. The Morgan fingerprint density at radius 1 is 1.31 bits per heavy atom. The van der Waals surface area contributed by atoms with Crippen molar-refractivity contribution in [1.82, 2.24) is 0 Å². The molecule has 0 spiro atoms. The number of thiophene rings is 1. The Morgan fingerprint density at radius 2 is 2.00 bits per heavy atom. The summed E-state index contributed by atoms with van der Waals surface area (Å²) < 4.78 is 0. The van der Waals surface area contributed by atoms with E-state index in [2.05, 4.69) is 26.0 Å². The zero-order valence-electron chi connectivity index (χ0n) is 8.55. The molecule has 1 atom stereocenters. The summed E-state index contributed by atoms with van der Waals surface area (Å²) in [6.45, 7) is 4.35. The van der Waals surface area contributed by atoms with Gasteiger partial charge in [0.1, 0.15) is 0 Å². The third-order valence-corrected chi connectivity index (χ3v) is 3.64. The molecular weight excluding hydrogens is 178 g/mol. The van der Waals surface area contributed by atoms with Crippen LogP contribution < -0.4 is 5.73 Å². The van der Waals surface area contributed by atoms with E-state index in [9.17, 15) is 0 Å². The largest absolute Gasteiger partial charge is 0.328 e. The minimum absolute atomic E-state index is 0.382. The van der Waals surface area contributed by atoms with Gasteiger partial charge in [0.15, 0.2) is 0 Å². The predicted molar refractivity (Wildman–Crippen MR) is 60.3 cm³/mol. The van der Waals surface area contributed by atoms with E-state index in [4.69, 9.17) is 5.73 Å². The molecule has 1 unspecified atom stereocenters. The summed E-state index contributed by atoms with van der Waals surface area (Å²) in [7, 11) is 0. The zero-order valence-corrected chi connectivity index (χ0v) is 9.36. The van der Waals surface area contributed by atoms with Crippen LogP contribution in [0.5, 0.6) is 0 Å². The molecule has 1 nitrogen and oxygen atoms in total. The molecule has 0 aliphatic carbocycles. The molecule has 0 radical (unpaired) electrons. The van der Waals surface area contributed by atoms with Gasteiger partial charge in [-0.3, -0.25) is 0 Å². The summed E-state index contributed by atoms with van der Waals surface area (Å²) in [6, 6.07) is 4.86. The van der Waals surface area contributed by atoms with E-state index >= 15 is 0 Å². The van der Waals surface area contributed by atoms with Gasteiger partial charge < -0.3 is 5.73 Å². The van der Waals surface area contributed by atoms with Crippen LogP contribution in [0.1, 0.15) is 36.4 Å². The topological polar surface area (TPSA) is 26.0 Å². The summed E-state index contributed by atoms with van der Waals surface area (Å²) >= 11 is 1.93. The molecule has 0 aliphatic heterocycles. The smallest absolute Gasteiger partial charge is 0.00487 e. The van der Waals surface area contributed by atoms with Crippen LogP contribution in [0, 0.1) is 0 Å². The average molecular weight is 197 g/mol. The van der Waals surface area contributed by atoms with Crippen molar-refractivity contribution in [2.24, 2.45) is 5.73 Å². The summed E-state index contributed by atoms with van der Waals surface area (Å²) in [5, 5.41) is 0. The molecule has 74 valence electrons. The van der Waals surface area contributed by atoms with E-state index in [-0.39, 0.29) is 0 Å². The summed E-state index contributed by atoms with van der Waals surface area (Å²) in [5.74, 6) is 0. The Kier molecular flexibility index (Phi) is 4.46. The van der Waals surface area contributed by atoms with E-state index in [1.54, 1.807) is 0 Å². The van der Waals surface area contributed by atoms with Gasteiger partial charge in [-0.05, 0) is 37.8 Å². The number of aryl methyl sites for hydroxylation is 2. The lowest BCUT2D eigenvalue weighted by atomic mass is 10.1. The van der Waals surface area contributed by atoms with Gasteiger partial charge in [0, 0.05) is 15.8 Å². The van der Waals surface area contributed by atoms with Crippen LogP contribution in [0.3, 0.4) is 0 Å². The minimum atomic E-state index is 0.382. The molecule has 0 aromatic carbocycles. The lowest BCUT2D eigenvalue weighted by Gasteiger charge is -2.05. The van der Waals surface area contributed by atoms with Crippen molar-refractivity contribution in [2.75, 3.05) is 0 Å². The van der Waals surface area contributed by atoms with E-state index < -0.39 is 0 Å². The van der Waals surface area contributed by atoms with Crippen molar-refractivity contribution in [3.8, 4) is 0 Å². The van der Waals surface area contributed by atoms with E-state index in [0.717, 1.165) is 25.7 Å². The van der Waals surface area contributed by atoms with Crippen molar-refractivity contribution in [3.05, 3.63) is 21.9 Å². The second-order valence-corrected chi connectivity index (χ2v) is 4.68. The van der Waals surface area contributed by atoms with Crippen molar-refractivity contribution >= 4 is 11.3 Å². The molecule has 1 aromatic rings. The van der Waals surface area contributed by atoms with E-state index in [1.165, 1.54) is 9.75 Å². The van der Waals surface area contributed by atoms with Crippen molar-refractivity contribution < 1.29 is 0 Å². The van der Waals surface area contributed by atoms with Crippen LogP contribution in [0.2, 0.25) is 0 Å². The average Bonchev–Trinajstić information content (AvgIpc) is 2.61. The maximum Gasteiger partial charge on any atom is 0.00487 e. The summed E-state index contributed by atoms with van der Waals surface area (Å²) in [6.07, 6.45) is 4.52. The Hall–Kier alpha value is -0.340. The quantitative estimate of drug-likeness (QED) is 0.771. The number of rotatable bonds is 5. The van der Waals surface area contributed by atoms with Gasteiger partial charge in [-0.1, -0.05) is 13.8 Å². The molecule has 2 heteroatoms. The second kappa shape index (κ2) is 5.40. The molecule has 2 N–H and O–H groups in total. The van der Waals surface area contributed by atoms with Crippen LogP contribution >= 0.6 is 11.3 Å². The first-order chi connectivity index (χ1) is 6.26. The molecule has 0 amide bonds. The third-order valence-electron chi connectivity index (χ3n) is 2.35. The molecule has 0 fully saturated rings. The molecule has 1 rings (SSSR count). The van der Waals surface area contributed by atoms with Gasteiger partial charge in [-0.2, -0.15) is 0 Å². The van der Waals surface area contributed by atoms with Gasteiger partial charge in [-0.25, -0.2) is 0 Å². The second-order valence-electron chi connectivity index (χ2n) is 3.43. The van der Waals surface area contributed by atoms with Gasteiger partial charge in [0.2, 0.25) is 0 Å². The Balaban J connectivity index is 2.36. The van der Waals surface area contributed by atoms with Gasteiger partial charge >= 0.3 is 0 Å². The van der Waals surface area contributed by atoms with Crippen molar-refractivity contribution in [3.63, 3.8) is 0 Å². The summed E-state index contributed by atoms with van der Waals surface area (Å²) in [4.78, 5) is 2.97. The fraction of sp³-hybridized carbons (Fsp3) is 0.636. The number of nitrogens with two attached hydrogens (primary N) is 1. The van der Waals surface area contributed by atoms with Crippen LogP contribution in [-0.2, 0) is 12.8 Å². The van der Waals surface area contributed by atoms with Crippen molar-refractivity contribution in [1.29, 1.82) is 0 Å². The van der Waals surface area contributed by atoms with Crippen LogP contribution in [0.4, 0.5) is 0 Å². The number of hydrogen-bond donors (Lipinski definition) is 1. The molecule has 1 aromatic heterocycles. The Labute approximate surface area is 85.0 Å². The Bertz CT molecular complexity index is 242. The van der Waals surface area contributed by atoms with Crippen molar-refractivity contribution in [2.45, 2.75) is 45.6 Å². The normalized spacial score (nSPS) is 13.2. The van der Waals surface area contributed by atoms with E-state index in [1.807, 2.05) is 11.3 Å². The highest BCUT2D eigenvalue weighted by atomic mass is 32.1. The van der Waals surface area contributed by atoms with Crippen LogP contribution in [0.25, 0.3) is 0 Å². The molecule has 1 heterocycles. The van der Waals surface area contributed by atoms with Crippen LogP contribution in [-0.4, -0.2) is 6.04 Å².